The molecule has 0 spiro atoms. The van der Waals surface area contributed by atoms with E-state index in [0.29, 0.717) is 18.5 Å². The van der Waals surface area contributed by atoms with Gasteiger partial charge in [-0.25, -0.2) is 0 Å². The number of benzene rings is 1. The number of rotatable bonds is 7. The number of amides is 1. The molecule has 96 valence electrons. The van der Waals surface area contributed by atoms with Crippen LogP contribution < -0.4 is 5.32 Å². The van der Waals surface area contributed by atoms with Crippen molar-refractivity contribution in [2.24, 2.45) is 0 Å². The Hall–Kier alpha value is -1.34. The van der Waals surface area contributed by atoms with Gasteiger partial charge in [0.1, 0.15) is 0 Å². The fourth-order valence-corrected chi connectivity index (χ4v) is 1.94. The van der Waals surface area contributed by atoms with Crippen LogP contribution in [0.15, 0.2) is 24.3 Å². The second-order valence-electron chi connectivity index (χ2n) is 4.09. The summed E-state index contributed by atoms with van der Waals surface area (Å²) in [6, 6.07) is 9.32. The van der Waals surface area contributed by atoms with E-state index in [1.165, 1.54) is 0 Å². The minimum Gasteiger partial charge on any atom is -0.352 e. The molecule has 0 fully saturated rings. The second kappa shape index (κ2) is 8.71. The van der Waals surface area contributed by atoms with Crippen molar-refractivity contribution in [1.29, 1.82) is 5.26 Å². The molecule has 1 aromatic rings. The third-order valence-electron chi connectivity index (χ3n) is 2.61. The Morgan fingerprint density at radius 3 is 2.56 bits per heavy atom. The van der Waals surface area contributed by atoms with Gasteiger partial charge in [-0.15, -0.1) is 0 Å². The molecule has 0 saturated carbocycles. The SMILES string of the molecule is N#Cc1ccc(CNC(=O)CCCCCBr)cc1. The highest BCUT2D eigenvalue weighted by molar-refractivity contribution is 9.09. The zero-order valence-electron chi connectivity index (χ0n) is 10.3. The van der Waals surface area contributed by atoms with Crippen molar-refractivity contribution >= 4 is 21.8 Å². The molecule has 18 heavy (non-hydrogen) atoms. The first-order valence-electron chi connectivity index (χ1n) is 6.08. The highest BCUT2D eigenvalue weighted by atomic mass is 79.9. The van der Waals surface area contributed by atoms with Crippen molar-refractivity contribution in [2.75, 3.05) is 5.33 Å². The third kappa shape index (κ3) is 5.83. The normalized spacial score (nSPS) is 9.78. The highest BCUT2D eigenvalue weighted by Crippen LogP contribution is 2.04. The number of unbranched alkanes of at least 4 members (excludes halogenated alkanes) is 2. The molecule has 0 saturated heterocycles. The lowest BCUT2D eigenvalue weighted by molar-refractivity contribution is -0.121. The Kier molecular flexibility index (Phi) is 7.12. The molecule has 3 nitrogen and oxygen atoms in total. The van der Waals surface area contributed by atoms with E-state index in [4.69, 9.17) is 5.26 Å². The predicted molar refractivity (Wildman–Crippen MR) is 75.3 cm³/mol. The maximum Gasteiger partial charge on any atom is 0.220 e. The number of alkyl halides is 1. The van der Waals surface area contributed by atoms with Gasteiger partial charge in [-0.1, -0.05) is 34.5 Å². The summed E-state index contributed by atoms with van der Waals surface area (Å²) < 4.78 is 0. The van der Waals surface area contributed by atoms with Gasteiger partial charge in [-0.3, -0.25) is 4.79 Å². The molecule has 0 unspecified atom stereocenters. The van der Waals surface area contributed by atoms with Crippen molar-refractivity contribution in [2.45, 2.75) is 32.2 Å². The van der Waals surface area contributed by atoms with Gasteiger partial charge in [0.05, 0.1) is 11.6 Å². The summed E-state index contributed by atoms with van der Waals surface area (Å²) in [6.07, 6.45) is 3.71. The molecule has 4 heteroatoms. The lowest BCUT2D eigenvalue weighted by Crippen LogP contribution is -2.22. The first-order valence-corrected chi connectivity index (χ1v) is 7.20. The van der Waals surface area contributed by atoms with Gasteiger partial charge in [0, 0.05) is 18.3 Å². The van der Waals surface area contributed by atoms with Gasteiger partial charge in [0.25, 0.3) is 0 Å². The van der Waals surface area contributed by atoms with Gasteiger partial charge in [-0.2, -0.15) is 5.26 Å². The largest absolute Gasteiger partial charge is 0.352 e. The predicted octanol–water partition coefficient (Wildman–Crippen LogP) is 3.13. The van der Waals surface area contributed by atoms with Crippen LogP contribution in [-0.4, -0.2) is 11.2 Å². The van der Waals surface area contributed by atoms with E-state index < -0.39 is 0 Å². The van der Waals surface area contributed by atoms with Crippen LogP contribution in [0.2, 0.25) is 0 Å². The van der Waals surface area contributed by atoms with E-state index >= 15 is 0 Å². The summed E-state index contributed by atoms with van der Waals surface area (Å²) in [6.45, 7) is 0.531. The smallest absolute Gasteiger partial charge is 0.220 e. The average molecular weight is 309 g/mol. The number of nitrogens with one attached hydrogen (secondary N) is 1. The molecular formula is C14H17BrN2O. The van der Waals surface area contributed by atoms with Gasteiger partial charge in [-0.05, 0) is 30.5 Å². The van der Waals surface area contributed by atoms with E-state index in [1.807, 2.05) is 12.1 Å². The number of halogens is 1. The van der Waals surface area contributed by atoms with E-state index in [2.05, 4.69) is 27.3 Å². The molecule has 1 N–H and O–H groups in total. The summed E-state index contributed by atoms with van der Waals surface area (Å²) >= 11 is 3.37. The molecule has 0 aliphatic rings. The van der Waals surface area contributed by atoms with Crippen LogP contribution in [0, 0.1) is 11.3 Å². The lowest BCUT2D eigenvalue weighted by Gasteiger charge is -2.05. The quantitative estimate of drug-likeness (QED) is 0.621. The fourth-order valence-electron chi connectivity index (χ4n) is 1.54. The van der Waals surface area contributed by atoms with Crippen LogP contribution in [0.4, 0.5) is 0 Å². The number of nitriles is 1. The Morgan fingerprint density at radius 2 is 1.94 bits per heavy atom. The Balaban J connectivity index is 2.23. The standard InChI is InChI=1S/C14H17BrN2O/c15-9-3-1-2-4-14(18)17-11-13-7-5-12(10-16)6-8-13/h5-8H,1-4,9,11H2,(H,17,18). The molecular weight excluding hydrogens is 292 g/mol. The van der Waals surface area contributed by atoms with Crippen molar-refractivity contribution in [3.05, 3.63) is 35.4 Å². The summed E-state index contributed by atoms with van der Waals surface area (Å²) in [7, 11) is 0. The van der Waals surface area contributed by atoms with E-state index in [9.17, 15) is 4.79 Å². The number of hydrogen-bond acceptors (Lipinski definition) is 2. The van der Waals surface area contributed by atoms with E-state index in [1.54, 1.807) is 12.1 Å². The monoisotopic (exact) mass is 308 g/mol. The van der Waals surface area contributed by atoms with Gasteiger partial charge < -0.3 is 5.32 Å². The number of nitrogens with zero attached hydrogens (tertiary/aromatic N) is 1. The molecule has 0 aliphatic heterocycles. The fraction of sp³-hybridized carbons (Fsp3) is 0.429. The molecule has 0 bridgehead atoms. The van der Waals surface area contributed by atoms with Crippen LogP contribution >= 0.6 is 15.9 Å². The Morgan fingerprint density at radius 1 is 1.22 bits per heavy atom. The number of carbonyl (C=O) groups excluding carboxylic acids is 1. The van der Waals surface area contributed by atoms with Gasteiger partial charge in [0.15, 0.2) is 0 Å². The molecule has 0 aromatic heterocycles. The molecule has 0 radical (unpaired) electrons. The van der Waals surface area contributed by atoms with Crippen LogP contribution in [-0.2, 0) is 11.3 Å². The zero-order chi connectivity index (χ0) is 13.2. The second-order valence-corrected chi connectivity index (χ2v) is 4.88. The van der Waals surface area contributed by atoms with Crippen LogP contribution in [0.3, 0.4) is 0 Å². The summed E-state index contributed by atoms with van der Waals surface area (Å²) in [5.41, 5.74) is 1.66. The summed E-state index contributed by atoms with van der Waals surface area (Å²) in [5.74, 6) is 0.0916. The minimum atomic E-state index is 0.0916. The Labute approximate surface area is 116 Å². The molecule has 0 heterocycles. The molecule has 0 aliphatic carbocycles. The van der Waals surface area contributed by atoms with Gasteiger partial charge in [0.2, 0.25) is 5.91 Å². The average Bonchev–Trinajstić information content (AvgIpc) is 2.42. The van der Waals surface area contributed by atoms with Gasteiger partial charge >= 0.3 is 0 Å². The van der Waals surface area contributed by atoms with Crippen LogP contribution in [0.25, 0.3) is 0 Å². The highest BCUT2D eigenvalue weighted by Gasteiger charge is 2.01. The number of carbonyl (C=O) groups is 1. The van der Waals surface area contributed by atoms with Crippen molar-refractivity contribution in [3.63, 3.8) is 0 Å². The summed E-state index contributed by atoms with van der Waals surface area (Å²) in [4.78, 5) is 11.5. The van der Waals surface area contributed by atoms with Crippen LogP contribution in [0.1, 0.15) is 36.8 Å². The van der Waals surface area contributed by atoms with E-state index in [-0.39, 0.29) is 5.91 Å². The first kappa shape index (κ1) is 14.7. The molecule has 0 atom stereocenters. The molecule has 1 aromatic carbocycles. The zero-order valence-corrected chi connectivity index (χ0v) is 11.9. The topological polar surface area (TPSA) is 52.9 Å². The maximum atomic E-state index is 11.5. The van der Waals surface area contributed by atoms with Crippen LogP contribution in [0.5, 0.6) is 0 Å². The maximum absolute atomic E-state index is 11.5. The van der Waals surface area contributed by atoms with Crippen molar-refractivity contribution in [1.82, 2.24) is 5.32 Å². The Bertz CT molecular complexity index is 409. The first-order chi connectivity index (χ1) is 8.76. The molecule has 1 amide bonds. The van der Waals surface area contributed by atoms with Crippen molar-refractivity contribution < 1.29 is 4.79 Å². The number of hydrogen-bond donors (Lipinski definition) is 1. The van der Waals surface area contributed by atoms with E-state index in [0.717, 1.165) is 30.2 Å². The molecule has 1 rings (SSSR count). The lowest BCUT2D eigenvalue weighted by atomic mass is 10.1. The van der Waals surface area contributed by atoms with Crippen molar-refractivity contribution in [3.8, 4) is 6.07 Å². The third-order valence-corrected chi connectivity index (χ3v) is 3.17. The minimum absolute atomic E-state index is 0.0916. The summed E-state index contributed by atoms with van der Waals surface area (Å²) in [5, 5.41) is 12.5.